The summed E-state index contributed by atoms with van der Waals surface area (Å²) in [6.45, 7) is 3.90. The zero-order chi connectivity index (χ0) is 16.9. The number of thioether (sulfide) groups is 1. The molecule has 1 aliphatic heterocycles. The molecule has 0 radical (unpaired) electrons. The van der Waals surface area contributed by atoms with Crippen molar-refractivity contribution in [2.24, 2.45) is 5.92 Å². The summed E-state index contributed by atoms with van der Waals surface area (Å²) in [6.07, 6.45) is 2.29. The molecule has 1 aliphatic rings. The van der Waals surface area contributed by atoms with Crippen LogP contribution in [0.1, 0.15) is 19.8 Å². The summed E-state index contributed by atoms with van der Waals surface area (Å²) in [4.78, 5) is 14.3. The molecule has 2 heterocycles. The molecule has 0 unspecified atom stereocenters. The number of tetrazole rings is 1. The van der Waals surface area contributed by atoms with Crippen LogP contribution in [0, 0.1) is 5.92 Å². The average Bonchev–Trinajstić information content (AvgIpc) is 3.08. The van der Waals surface area contributed by atoms with Crippen molar-refractivity contribution in [2.45, 2.75) is 24.9 Å². The van der Waals surface area contributed by atoms with Gasteiger partial charge in [-0.05, 0) is 53.5 Å². The summed E-state index contributed by atoms with van der Waals surface area (Å²) in [7, 11) is 1.63. The highest BCUT2D eigenvalue weighted by Crippen LogP contribution is 2.22. The van der Waals surface area contributed by atoms with Gasteiger partial charge >= 0.3 is 0 Å². The topological polar surface area (TPSA) is 73.1 Å². The highest BCUT2D eigenvalue weighted by Gasteiger charge is 2.21. The first kappa shape index (κ1) is 16.8. The molecule has 3 rings (SSSR count). The minimum atomic E-state index is 0.149. The Bertz CT molecular complexity index is 688. The van der Waals surface area contributed by atoms with Crippen LogP contribution in [0.2, 0.25) is 0 Å². The molecule has 1 atom stereocenters. The van der Waals surface area contributed by atoms with E-state index in [1.165, 1.54) is 18.2 Å². The number of hydrogen-bond acceptors (Lipinski definition) is 6. The largest absolute Gasteiger partial charge is 0.497 e. The van der Waals surface area contributed by atoms with Gasteiger partial charge in [-0.25, -0.2) is 0 Å². The molecule has 24 heavy (non-hydrogen) atoms. The molecule has 0 saturated carbocycles. The van der Waals surface area contributed by atoms with Crippen molar-refractivity contribution in [3.8, 4) is 11.4 Å². The number of likely N-dealkylation sites (tertiary alicyclic amines) is 1. The molecule has 1 aromatic heterocycles. The lowest BCUT2D eigenvalue weighted by Crippen LogP contribution is -2.40. The van der Waals surface area contributed by atoms with Gasteiger partial charge in [0.1, 0.15) is 5.75 Å². The van der Waals surface area contributed by atoms with Crippen LogP contribution in [-0.4, -0.2) is 57.0 Å². The molecular formula is C16H21N5O2S. The molecule has 0 bridgehead atoms. The first-order chi connectivity index (χ1) is 11.7. The molecule has 8 heteroatoms. The molecular weight excluding hydrogens is 326 g/mol. The molecule has 1 amide bonds. The normalized spacial score (nSPS) is 17.8. The lowest BCUT2D eigenvalue weighted by atomic mass is 10.0. The Morgan fingerprint density at radius 3 is 2.88 bits per heavy atom. The average molecular weight is 347 g/mol. The molecule has 128 valence electrons. The number of piperidine rings is 1. The van der Waals surface area contributed by atoms with Crippen LogP contribution in [0.25, 0.3) is 5.69 Å². The van der Waals surface area contributed by atoms with Gasteiger partial charge in [-0.3, -0.25) is 4.79 Å². The number of rotatable bonds is 5. The summed E-state index contributed by atoms with van der Waals surface area (Å²) in [5.74, 6) is 1.85. The van der Waals surface area contributed by atoms with Crippen LogP contribution < -0.4 is 4.74 Å². The van der Waals surface area contributed by atoms with E-state index in [0.717, 1.165) is 30.9 Å². The fourth-order valence-electron chi connectivity index (χ4n) is 2.79. The number of nitrogens with zero attached hydrogens (tertiary/aromatic N) is 5. The number of carbonyl (C=O) groups is 1. The minimum absolute atomic E-state index is 0.149. The SMILES string of the molecule is COc1ccc(-n2nnnc2SCC(=O)N2CCC[C@H](C)C2)cc1. The van der Waals surface area contributed by atoms with E-state index in [0.29, 0.717) is 16.8 Å². The van der Waals surface area contributed by atoms with Crippen LogP contribution in [0.5, 0.6) is 5.75 Å². The lowest BCUT2D eigenvalue weighted by molar-refractivity contribution is -0.130. The van der Waals surface area contributed by atoms with Crippen molar-refractivity contribution in [3.63, 3.8) is 0 Å². The van der Waals surface area contributed by atoms with E-state index < -0.39 is 0 Å². The molecule has 7 nitrogen and oxygen atoms in total. The van der Waals surface area contributed by atoms with Gasteiger partial charge in [0.15, 0.2) is 0 Å². The minimum Gasteiger partial charge on any atom is -0.497 e. The van der Waals surface area contributed by atoms with Crippen molar-refractivity contribution >= 4 is 17.7 Å². The number of ether oxygens (including phenoxy) is 1. The summed E-state index contributed by atoms with van der Waals surface area (Å²) < 4.78 is 6.79. The van der Waals surface area contributed by atoms with Gasteiger partial charge in [0, 0.05) is 13.1 Å². The summed E-state index contributed by atoms with van der Waals surface area (Å²) in [5, 5.41) is 12.4. The van der Waals surface area contributed by atoms with E-state index in [4.69, 9.17) is 4.74 Å². The molecule has 1 saturated heterocycles. The molecule has 2 aromatic rings. The predicted octanol–water partition coefficient (Wildman–Crippen LogP) is 2.02. The smallest absolute Gasteiger partial charge is 0.233 e. The van der Waals surface area contributed by atoms with Gasteiger partial charge in [-0.1, -0.05) is 18.7 Å². The Morgan fingerprint density at radius 2 is 2.17 bits per heavy atom. The maximum Gasteiger partial charge on any atom is 0.233 e. The first-order valence-corrected chi connectivity index (χ1v) is 8.99. The van der Waals surface area contributed by atoms with Crippen molar-refractivity contribution < 1.29 is 9.53 Å². The highest BCUT2D eigenvalue weighted by molar-refractivity contribution is 7.99. The van der Waals surface area contributed by atoms with Gasteiger partial charge in [0.25, 0.3) is 0 Å². The van der Waals surface area contributed by atoms with E-state index in [2.05, 4.69) is 22.4 Å². The molecule has 0 spiro atoms. The lowest BCUT2D eigenvalue weighted by Gasteiger charge is -2.30. The van der Waals surface area contributed by atoms with Crippen molar-refractivity contribution in [1.29, 1.82) is 0 Å². The number of methoxy groups -OCH3 is 1. The zero-order valence-electron chi connectivity index (χ0n) is 13.9. The Hall–Kier alpha value is -2.09. The van der Waals surface area contributed by atoms with E-state index >= 15 is 0 Å². The number of benzene rings is 1. The highest BCUT2D eigenvalue weighted by atomic mass is 32.2. The third-order valence-corrected chi connectivity index (χ3v) is 5.00. The zero-order valence-corrected chi connectivity index (χ0v) is 14.7. The van der Waals surface area contributed by atoms with Gasteiger partial charge in [0.05, 0.1) is 18.6 Å². The summed E-state index contributed by atoms with van der Waals surface area (Å²) in [6, 6.07) is 7.47. The quantitative estimate of drug-likeness (QED) is 0.771. The van der Waals surface area contributed by atoms with Gasteiger partial charge in [-0.15, -0.1) is 5.10 Å². The number of carbonyl (C=O) groups excluding carboxylic acids is 1. The first-order valence-electron chi connectivity index (χ1n) is 8.00. The molecule has 1 aromatic carbocycles. The number of aromatic nitrogens is 4. The second-order valence-electron chi connectivity index (χ2n) is 5.95. The predicted molar refractivity (Wildman–Crippen MR) is 91.4 cm³/mol. The van der Waals surface area contributed by atoms with Crippen LogP contribution in [0.15, 0.2) is 29.4 Å². The van der Waals surface area contributed by atoms with Gasteiger partial charge in [-0.2, -0.15) is 4.68 Å². The Morgan fingerprint density at radius 1 is 1.38 bits per heavy atom. The number of amides is 1. The van der Waals surface area contributed by atoms with E-state index in [1.54, 1.807) is 11.8 Å². The van der Waals surface area contributed by atoms with Crippen LogP contribution >= 0.6 is 11.8 Å². The maximum absolute atomic E-state index is 12.4. The van der Waals surface area contributed by atoms with Crippen molar-refractivity contribution in [1.82, 2.24) is 25.1 Å². The van der Waals surface area contributed by atoms with Crippen LogP contribution in [-0.2, 0) is 4.79 Å². The third kappa shape index (κ3) is 3.87. The van der Waals surface area contributed by atoms with Gasteiger partial charge < -0.3 is 9.64 Å². The molecule has 0 N–H and O–H groups in total. The molecule has 1 fully saturated rings. The Kier molecular flexibility index (Phi) is 5.34. The Balaban J connectivity index is 1.64. The molecule has 0 aliphatic carbocycles. The van der Waals surface area contributed by atoms with E-state index in [1.807, 2.05) is 29.2 Å². The number of hydrogen-bond donors (Lipinski definition) is 0. The standard InChI is InChI=1S/C16H21N5O2S/c1-12-4-3-9-20(10-12)15(22)11-24-16-17-18-19-21(16)13-5-7-14(23-2)8-6-13/h5-8,12H,3-4,9-11H2,1-2H3/t12-/m0/s1. The third-order valence-electron chi connectivity index (χ3n) is 4.09. The maximum atomic E-state index is 12.4. The van der Waals surface area contributed by atoms with Gasteiger partial charge in [0.2, 0.25) is 11.1 Å². The van der Waals surface area contributed by atoms with Crippen molar-refractivity contribution in [3.05, 3.63) is 24.3 Å². The van der Waals surface area contributed by atoms with Crippen LogP contribution in [0.3, 0.4) is 0 Å². The van der Waals surface area contributed by atoms with E-state index in [-0.39, 0.29) is 5.91 Å². The van der Waals surface area contributed by atoms with Crippen molar-refractivity contribution in [2.75, 3.05) is 26.0 Å². The second-order valence-corrected chi connectivity index (χ2v) is 6.89. The van der Waals surface area contributed by atoms with E-state index in [9.17, 15) is 4.79 Å². The second kappa shape index (κ2) is 7.65. The summed E-state index contributed by atoms with van der Waals surface area (Å²) in [5.41, 5.74) is 0.836. The summed E-state index contributed by atoms with van der Waals surface area (Å²) >= 11 is 1.37. The Labute approximate surface area is 145 Å². The monoisotopic (exact) mass is 347 g/mol. The fourth-order valence-corrected chi connectivity index (χ4v) is 3.58. The van der Waals surface area contributed by atoms with Crippen LogP contribution in [0.4, 0.5) is 0 Å². The fraction of sp³-hybridized carbons (Fsp3) is 0.500.